The van der Waals surface area contributed by atoms with Crippen molar-refractivity contribution in [3.8, 4) is 0 Å². The van der Waals surface area contributed by atoms with Crippen LogP contribution in [0.4, 0.5) is 15.8 Å². The second kappa shape index (κ2) is 12.1. The van der Waals surface area contributed by atoms with Gasteiger partial charge < -0.3 is 10.6 Å². The summed E-state index contributed by atoms with van der Waals surface area (Å²) in [6.45, 7) is 1.61. The molecule has 0 heterocycles. The molecular formula is C24H27ClFN3O4S. The number of hydrogen-bond acceptors (Lipinski definition) is 4. The molecule has 1 saturated carbocycles. The summed E-state index contributed by atoms with van der Waals surface area (Å²) in [6, 6.07) is 10.8. The Hall–Kier alpha value is -2.78. The normalized spacial score (nSPS) is 15.4. The average molecular weight is 508 g/mol. The zero-order valence-electron chi connectivity index (χ0n) is 18.8. The van der Waals surface area contributed by atoms with Crippen LogP contribution in [0.1, 0.15) is 32.6 Å². The number of nitrogens with zero attached hydrogens (tertiary/aromatic N) is 1. The molecule has 2 N–H and O–H groups in total. The van der Waals surface area contributed by atoms with Crippen LogP contribution < -0.4 is 15.5 Å². The summed E-state index contributed by atoms with van der Waals surface area (Å²) in [7, 11) is -1.83. The van der Waals surface area contributed by atoms with E-state index >= 15 is 0 Å². The molecule has 0 spiro atoms. The molecule has 2 aromatic rings. The molecule has 10 heteroatoms. The van der Waals surface area contributed by atoms with Crippen LogP contribution in [0.5, 0.6) is 0 Å². The summed E-state index contributed by atoms with van der Waals surface area (Å²) in [6.07, 6.45) is 3.91. The van der Waals surface area contributed by atoms with Gasteiger partial charge in [0.25, 0.3) is 0 Å². The van der Waals surface area contributed by atoms with E-state index in [4.69, 9.17) is 11.6 Å². The molecule has 3 rings (SSSR count). The molecule has 2 atom stereocenters. The van der Waals surface area contributed by atoms with Crippen molar-refractivity contribution in [3.05, 3.63) is 59.4 Å². The van der Waals surface area contributed by atoms with Crippen molar-refractivity contribution in [3.63, 3.8) is 0 Å². The topological polar surface area (TPSA) is 95.6 Å². The maximum absolute atomic E-state index is 13.1. The van der Waals surface area contributed by atoms with Crippen LogP contribution in [-0.4, -0.2) is 45.5 Å². The van der Waals surface area contributed by atoms with Crippen LogP contribution in [-0.2, 0) is 25.2 Å². The first-order chi connectivity index (χ1) is 16.2. The van der Waals surface area contributed by atoms with Gasteiger partial charge in [0.15, 0.2) is 0 Å². The van der Waals surface area contributed by atoms with E-state index in [1.54, 1.807) is 31.2 Å². The Bertz CT molecular complexity index is 1040. The van der Waals surface area contributed by atoms with Crippen LogP contribution in [0, 0.1) is 5.82 Å². The molecule has 34 heavy (non-hydrogen) atoms. The molecule has 0 saturated heterocycles. The fourth-order valence-electron chi connectivity index (χ4n) is 3.83. The summed E-state index contributed by atoms with van der Waals surface area (Å²) in [5.74, 6) is -2.72. The third-order valence-electron chi connectivity index (χ3n) is 5.55. The highest BCUT2D eigenvalue weighted by atomic mass is 35.5. The third-order valence-corrected chi connectivity index (χ3v) is 6.95. The van der Waals surface area contributed by atoms with E-state index in [1.165, 1.54) is 29.2 Å². The summed E-state index contributed by atoms with van der Waals surface area (Å²) >= 11 is 5.97. The van der Waals surface area contributed by atoms with Crippen molar-refractivity contribution in [1.29, 1.82) is 0 Å². The van der Waals surface area contributed by atoms with Crippen LogP contribution in [0.2, 0.25) is 5.02 Å². The summed E-state index contributed by atoms with van der Waals surface area (Å²) < 4.78 is 25.6. The Kier molecular flexibility index (Phi) is 9.18. The zero-order valence-corrected chi connectivity index (χ0v) is 20.3. The van der Waals surface area contributed by atoms with E-state index in [0.717, 1.165) is 25.7 Å². The maximum Gasteiger partial charge on any atom is 0.243 e. The lowest BCUT2D eigenvalue weighted by molar-refractivity contribution is -0.125. The highest BCUT2D eigenvalue weighted by Gasteiger charge is 2.30. The van der Waals surface area contributed by atoms with E-state index in [1.807, 2.05) is 0 Å². The molecule has 7 nitrogen and oxygen atoms in total. The largest absolute Gasteiger partial charge is 0.352 e. The molecule has 0 bridgehead atoms. The van der Waals surface area contributed by atoms with Gasteiger partial charge in [0.1, 0.15) is 23.4 Å². The quantitative estimate of drug-likeness (QED) is 0.541. The summed E-state index contributed by atoms with van der Waals surface area (Å²) in [5.41, 5.74) is 0.797. The fourth-order valence-corrected chi connectivity index (χ4v) is 4.84. The smallest absolute Gasteiger partial charge is 0.243 e. The Morgan fingerprint density at radius 2 is 1.68 bits per heavy atom. The van der Waals surface area contributed by atoms with Crippen LogP contribution >= 0.6 is 11.6 Å². The molecule has 1 aliphatic carbocycles. The second-order valence-corrected chi connectivity index (χ2v) is 10.1. The number of halogens is 2. The van der Waals surface area contributed by atoms with Gasteiger partial charge in [0.05, 0.1) is 0 Å². The third kappa shape index (κ3) is 7.36. The number of carbonyl (C=O) groups excluding carboxylic acids is 3. The number of hydrogen-bond donors (Lipinski definition) is 2. The lowest BCUT2D eigenvalue weighted by Gasteiger charge is -2.29. The van der Waals surface area contributed by atoms with Gasteiger partial charge in [-0.15, -0.1) is 0 Å². The average Bonchev–Trinajstić information content (AvgIpc) is 3.29. The number of rotatable bonds is 9. The summed E-state index contributed by atoms with van der Waals surface area (Å²) in [4.78, 5) is 39.5. The Morgan fingerprint density at radius 1 is 1.06 bits per heavy atom. The van der Waals surface area contributed by atoms with Gasteiger partial charge in [0, 0.05) is 33.2 Å². The SMILES string of the molecule is C[C@@H](C(=O)NC1CCCC1)N(C(=O)C[S@](=O)CC(=O)Nc1ccc(F)cc1)c1ccc(Cl)cc1. The van der Waals surface area contributed by atoms with E-state index < -0.39 is 46.0 Å². The van der Waals surface area contributed by atoms with Gasteiger partial charge >= 0.3 is 0 Å². The number of amides is 3. The number of benzene rings is 2. The molecule has 2 aromatic carbocycles. The minimum Gasteiger partial charge on any atom is -0.352 e. The standard InChI is InChI=1S/C24H27ClFN3O4S/c1-16(24(32)28-19-4-2-3-5-19)29(21-12-6-17(25)7-13-21)23(31)15-34(33)14-22(30)27-20-10-8-18(26)9-11-20/h6-13,16,19H,2-5,14-15H2,1H3,(H,27,30)(H,28,32)/t16-,34+/m0/s1. The highest BCUT2D eigenvalue weighted by molar-refractivity contribution is 7.86. The second-order valence-electron chi connectivity index (χ2n) is 8.19. The first-order valence-corrected chi connectivity index (χ1v) is 12.9. The molecular weight excluding hydrogens is 481 g/mol. The molecule has 0 aliphatic heterocycles. The van der Waals surface area contributed by atoms with Gasteiger partial charge in [-0.25, -0.2) is 4.39 Å². The molecule has 0 radical (unpaired) electrons. The van der Waals surface area contributed by atoms with Crippen molar-refractivity contribution in [2.24, 2.45) is 0 Å². The fraction of sp³-hybridized carbons (Fsp3) is 0.375. The predicted octanol–water partition coefficient (Wildman–Crippen LogP) is 3.65. The van der Waals surface area contributed by atoms with Crippen molar-refractivity contribution < 1.29 is 23.0 Å². The zero-order chi connectivity index (χ0) is 24.7. The Balaban J connectivity index is 1.66. The molecule has 3 amide bonds. The number of carbonyl (C=O) groups is 3. The van der Waals surface area contributed by atoms with Crippen molar-refractivity contribution >= 4 is 51.5 Å². The minimum absolute atomic E-state index is 0.0846. The monoisotopic (exact) mass is 507 g/mol. The van der Waals surface area contributed by atoms with Gasteiger partial charge in [-0.1, -0.05) is 24.4 Å². The van der Waals surface area contributed by atoms with Gasteiger partial charge in [0.2, 0.25) is 17.7 Å². The van der Waals surface area contributed by atoms with Crippen molar-refractivity contribution in [2.75, 3.05) is 21.7 Å². The number of nitrogens with one attached hydrogen (secondary N) is 2. The molecule has 0 unspecified atom stereocenters. The first-order valence-electron chi connectivity index (χ1n) is 11.0. The lowest BCUT2D eigenvalue weighted by atomic mass is 10.1. The van der Waals surface area contributed by atoms with Crippen molar-refractivity contribution in [1.82, 2.24) is 5.32 Å². The molecule has 0 aromatic heterocycles. The van der Waals surface area contributed by atoms with Gasteiger partial charge in [-0.3, -0.25) is 23.5 Å². The Labute approximate surface area is 205 Å². The lowest BCUT2D eigenvalue weighted by Crippen LogP contribution is -2.51. The van der Waals surface area contributed by atoms with Crippen molar-refractivity contribution in [2.45, 2.75) is 44.7 Å². The van der Waals surface area contributed by atoms with Crippen LogP contribution in [0.15, 0.2) is 48.5 Å². The van der Waals surface area contributed by atoms with E-state index in [-0.39, 0.29) is 11.9 Å². The van der Waals surface area contributed by atoms with E-state index in [0.29, 0.717) is 16.4 Å². The molecule has 1 aliphatic rings. The minimum atomic E-state index is -1.83. The Morgan fingerprint density at radius 3 is 2.29 bits per heavy atom. The van der Waals surface area contributed by atoms with E-state index in [9.17, 15) is 23.0 Å². The molecule has 1 fully saturated rings. The highest BCUT2D eigenvalue weighted by Crippen LogP contribution is 2.22. The predicted molar refractivity (Wildman–Crippen MR) is 132 cm³/mol. The van der Waals surface area contributed by atoms with Crippen LogP contribution in [0.25, 0.3) is 0 Å². The maximum atomic E-state index is 13.1. The van der Waals surface area contributed by atoms with Gasteiger partial charge in [-0.05, 0) is 68.3 Å². The van der Waals surface area contributed by atoms with E-state index in [2.05, 4.69) is 10.6 Å². The summed E-state index contributed by atoms with van der Waals surface area (Å²) in [5, 5.41) is 5.98. The molecule has 182 valence electrons. The van der Waals surface area contributed by atoms with Crippen LogP contribution in [0.3, 0.4) is 0 Å². The number of anilines is 2. The first kappa shape index (κ1) is 25.8. The van der Waals surface area contributed by atoms with Gasteiger partial charge in [-0.2, -0.15) is 0 Å².